The number of hydrogen-bond acceptors (Lipinski definition) is 6. The normalized spacial score (nSPS) is 24.4. The van der Waals surface area contributed by atoms with Gasteiger partial charge < -0.3 is 9.84 Å². The number of halogens is 3. The van der Waals surface area contributed by atoms with Crippen LogP contribution in [0.15, 0.2) is 12.4 Å². The summed E-state index contributed by atoms with van der Waals surface area (Å²) in [6, 6.07) is 0. The van der Waals surface area contributed by atoms with Gasteiger partial charge in [0.15, 0.2) is 0 Å². The number of rotatable bonds is 7. The minimum Gasteiger partial charge on any atom is -0.475 e. The van der Waals surface area contributed by atoms with Gasteiger partial charge in [-0.25, -0.2) is 17.9 Å². The molecule has 3 atom stereocenters. The molecule has 9 nitrogen and oxygen atoms in total. The quantitative estimate of drug-likeness (QED) is 0.627. The molecule has 0 radical (unpaired) electrons. The molecule has 13 heteroatoms. The molecule has 1 aromatic heterocycles. The Balaban J connectivity index is 0.000000396. The van der Waals surface area contributed by atoms with Crippen LogP contribution in [0, 0.1) is 11.8 Å². The molecular formula is C17H27F3N4O5S. The first-order chi connectivity index (χ1) is 13.9. The number of nitrogens with one attached hydrogen (secondary N) is 1. The zero-order valence-electron chi connectivity index (χ0n) is 16.8. The molecule has 0 aromatic carbocycles. The zero-order valence-corrected chi connectivity index (χ0v) is 17.6. The Labute approximate surface area is 173 Å². The molecular weight excluding hydrogens is 429 g/mol. The molecule has 0 saturated carbocycles. The summed E-state index contributed by atoms with van der Waals surface area (Å²) in [5, 5.41) is 11.4. The van der Waals surface area contributed by atoms with Crippen molar-refractivity contribution in [3.63, 3.8) is 0 Å². The first-order valence-corrected chi connectivity index (χ1v) is 11.2. The monoisotopic (exact) mass is 456 g/mol. The average molecular weight is 456 g/mol. The first-order valence-electron chi connectivity index (χ1n) is 9.57. The van der Waals surface area contributed by atoms with Gasteiger partial charge in [0.25, 0.3) is 0 Å². The molecule has 3 heterocycles. The molecule has 0 bridgehead atoms. The Kier molecular flexibility index (Phi) is 8.25. The standard InChI is InChI=1S/C15H26N4O3S.C2HF3O2/c1-3-19-8-12(5-16-19)7-18-9-14-13(11-22-15(14)10-18)6-17-23(20,21)4-2;3-2(4,5)1(6)7/h5,8,13-15,17H,3-4,6-7,9-11H2,1-2H3;(H,6,7)/t13-,14+,15+;/m0./s1. The van der Waals surface area contributed by atoms with Crippen LogP contribution in [0.4, 0.5) is 13.2 Å². The largest absolute Gasteiger partial charge is 0.490 e. The number of carbonyl (C=O) groups is 1. The fourth-order valence-electron chi connectivity index (χ4n) is 3.47. The van der Waals surface area contributed by atoms with Gasteiger partial charge in [0.2, 0.25) is 10.0 Å². The molecule has 2 aliphatic rings. The molecule has 0 unspecified atom stereocenters. The lowest BCUT2D eigenvalue weighted by Crippen LogP contribution is -2.34. The molecule has 0 aliphatic carbocycles. The van der Waals surface area contributed by atoms with E-state index in [2.05, 4.69) is 27.8 Å². The second-order valence-corrected chi connectivity index (χ2v) is 9.34. The number of hydrogen-bond donors (Lipinski definition) is 2. The third kappa shape index (κ3) is 6.93. The highest BCUT2D eigenvalue weighted by molar-refractivity contribution is 7.89. The van der Waals surface area contributed by atoms with Crippen molar-refractivity contribution in [3.8, 4) is 0 Å². The van der Waals surface area contributed by atoms with E-state index in [1.807, 2.05) is 10.9 Å². The van der Waals surface area contributed by atoms with Crippen molar-refractivity contribution < 1.29 is 36.2 Å². The van der Waals surface area contributed by atoms with Gasteiger partial charge in [-0.15, -0.1) is 0 Å². The number of aryl methyl sites for hydroxylation is 1. The summed E-state index contributed by atoms with van der Waals surface area (Å²) in [7, 11) is -3.13. The van der Waals surface area contributed by atoms with Crippen molar-refractivity contribution in [3.05, 3.63) is 18.0 Å². The van der Waals surface area contributed by atoms with E-state index in [0.29, 0.717) is 19.1 Å². The van der Waals surface area contributed by atoms with E-state index < -0.39 is 22.2 Å². The van der Waals surface area contributed by atoms with Crippen LogP contribution in [-0.4, -0.2) is 78.4 Å². The van der Waals surface area contributed by atoms with Crippen LogP contribution in [0.1, 0.15) is 19.4 Å². The van der Waals surface area contributed by atoms with E-state index in [1.165, 1.54) is 5.56 Å². The molecule has 1 aromatic rings. The second kappa shape index (κ2) is 10.1. The van der Waals surface area contributed by atoms with Gasteiger partial charge in [-0.05, 0) is 13.8 Å². The van der Waals surface area contributed by atoms with Crippen LogP contribution in [0.2, 0.25) is 0 Å². The molecule has 0 spiro atoms. The Hall–Kier alpha value is -1.70. The van der Waals surface area contributed by atoms with Crippen molar-refractivity contribution in [2.24, 2.45) is 11.8 Å². The molecule has 2 aliphatic heterocycles. The van der Waals surface area contributed by atoms with Gasteiger partial charge in [-0.3, -0.25) is 9.58 Å². The summed E-state index contributed by atoms with van der Waals surface area (Å²) < 4.78 is 65.5. The maximum atomic E-state index is 11.6. The predicted molar refractivity (Wildman–Crippen MR) is 101 cm³/mol. The average Bonchev–Trinajstić information content (AvgIpc) is 3.36. The third-order valence-electron chi connectivity index (χ3n) is 5.12. The van der Waals surface area contributed by atoms with Crippen LogP contribution >= 0.6 is 0 Å². The maximum absolute atomic E-state index is 11.6. The highest BCUT2D eigenvalue weighted by atomic mass is 32.2. The third-order valence-corrected chi connectivity index (χ3v) is 6.49. The van der Waals surface area contributed by atoms with Crippen LogP contribution < -0.4 is 4.72 Å². The molecule has 0 amide bonds. The summed E-state index contributed by atoms with van der Waals surface area (Å²) in [6.07, 6.45) is -0.847. The fourth-order valence-corrected chi connectivity index (χ4v) is 4.15. The zero-order chi connectivity index (χ0) is 22.5. The molecule has 2 N–H and O–H groups in total. The van der Waals surface area contributed by atoms with Gasteiger partial charge in [-0.1, -0.05) is 0 Å². The number of carboxylic acid groups (broad SMARTS) is 1. The van der Waals surface area contributed by atoms with E-state index in [0.717, 1.165) is 26.2 Å². The van der Waals surface area contributed by atoms with Crippen LogP contribution in [-0.2, 0) is 32.6 Å². The van der Waals surface area contributed by atoms with Crippen molar-refractivity contribution in [2.75, 3.05) is 32.0 Å². The first kappa shape index (κ1) is 24.6. The number of nitrogens with zero attached hydrogens (tertiary/aromatic N) is 3. The van der Waals surface area contributed by atoms with E-state index in [1.54, 1.807) is 6.92 Å². The molecule has 30 heavy (non-hydrogen) atoms. The number of aliphatic carboxylic acids is 1. The topological polar surface area (TPSA) is 114 Å². The predicted octanol–water partition coefficient (Wildman–Crippen LogP) is 0.922. The van der Waals surface area contributed by atoms with Gasteiger partial charge in [-0.2, -0.15) is 18.3 Å². The number of aromatic nitrogens is 2. The highest BCUT2D eigenvalue weighted by Gasteiger charge is 2.43. The number of alkyl halides is 3. The Morgan fingerprint density at radius 1 is 1.37 bits per heavy atom. The van der Waals surface area contributed by atoms with Crippen LogP contribution in [0.3, 0.4) is 0 Å². The molecule has 3 rings (SSSR count). The molecule has 2 saturated heterocycles. The number of carboxylic acids is 1. The lowest BCUT2D eigenvalue weighted by atomic mass is 9.93. The Morgan fingerprint density at radius 2 is 2.03 bits per heavy atom. The van der Waals surface area contributed by atoms with E-state index in [4.69, 9.17) is 14.6 Å². The maximum Gasteiger partial charge on any atom is 0.490 e. The van der Waals surface area contributed by atoms with Crippen LogP contribution in [0.25, 0.3) is 0 Å². The molecule has 172 valence electrons. The minimum atomic E-state index is -5.08. The number of fused-ring (bicyclic) bond motifs is 1. The van der Waals surface area contributed by atoms with E-state index in [9.17, 15) is 21.6 Å². The summed E-state index contributed by atoms with van der Waals surface area (Å²) in [6.45, 7) is 8.51. The smallest absolute Gasteiger partial charge is 0.475 e. The highest BCUT2D eigenvalue weighted by Crippen LogP contribution is 2.34. The Morgan fingerprint density at radius 3 is 2.57 bits per heavy atom. The number of sulfonamides is 1. The lowest BCUT2D eigenvalue weighted by molar-refractivity contribution is -0.192. The lowest BCUT2D eigenvalue weighted by Gasteiger charge is -2.19. The van der Waals surface area contributed by atoms with Gasteiger partial charge in [0.05, 0.1) is 24.7 Å². The second-order valence-electron chi connectivity index (χ2n) is 7.25. The molecule has 2 fully saturated rings. The SMILES string of the molecule is CCn1cc(CN2C[C@@H]3[C@@H](CNS(=O)(=O)CC)CO[C@@H]3C2)cn1.O=C(O)C(F)(F)F. The van der Waals surface area contributed by atoms with Crippen molar-refractivity contribution in [1.29, 1.82) is 0 Å². The summed E-state index contributed by atoms with van der Waals surface area (Å²) in [5.74, 6) is -1.95. The van der Waals surface area contributed by atoms with Crippen molar-refractivity contribution >= 4 is 16.0 Å². The van der Waals surface area contributed by atoms with Gasteiger partial charge in [0.1, 0.15) is 0 Å². The van der Waals surface area contributed by atoms with Crippen LogP contribution in [0.5, 0.6) is 0 Å². The minimum absolute atomic E-state index is 0.127. The summed E-state index contributed by atoms with van der Waals surface area (Å²) >= 11 is 0. The number of likely N-dealkylation sites (tertiary alicyclic amines) is 1. The van der Waals surface area contributed by atoms with Gasteiger partial charge >= 0.3 is 12.1 Å². The Bertz CT molecular complexity index is 815. The van der Waals surface area contributed by atoms with E-state index >= 15 is 0 Å². The van der Waals surface area contributed by atoms with E-state index in [-0.39, 0.29) is 17.8 Å². The fraction of sp³-hybridized carbons (Fsp3) is 0.765. The summed E-state index contributed by atoms with van der Waals surface area (Å²) in [5.41, 5.74) is 1.22. The number of ether oxygens (including phenoxy) is 1. The van der Waals surface area contributed by atoms with Crippen molar-refractivity contribution in [1.82, 2.24) is 19.4 Å². The van der Waals surface area contributed by atoms with Crippen molar-refractivity contribution in [2.45, 2.75) is 39.2 Å². The van der Waals surface area contributed by atoms with Gasteiger partial charge in [0, 0.05) is 56.3 Å². The summed E-state index contributed by atoms with van der Waals surface area (Å²) in [4.78, 5) is 11.3.